The van der Waals surface area contributed by atoms with Gasteiger partial charge in [0.2, 0.25) is 5.60 Å². The van der Waals surface area contributed by atoms with Crippen molar-refractivity contribution in [1.82, 2.24) is 0 Å². The van der Waals surface area contributed by atoms with E-state index in [-0.39, 0.29) is 0 Å². The minimum Gasteiger partial charge on any atom is -0.479 e. The van der Waals surface area contributed by atoms with Crippen molar-refractivity contribution in [3.05, 3.63) is 24.2 Å². The van der Waals surface area contributed by atoms with Gasteiger partial charge in [0.15, 0.2) is 0 Å². The lowest BCUT2D eigenvalue weighted by molar-refractivity contribution is -0.163. The van der Waals surface area contributed by atoms with Gasteiger partial charge in [-0.05, 0) is 25.0 Å². The predicted octanol–water partition coefficient (Wildman–Crippen LogP) is 1.37. The summed E-state index contributed by atoms with van der Waals surface area (Å²) in [5.41, 5.74) is -1.23. The number of ether oxygens (including phenoxy) is 1. The van der Waals surface area contributed by atoms with Crippen LogP contribution < -0.4 is 0 Å². The number of hydrogen-bond donors (Lipinski definition) is 1. The van der Waals surface area contributed by atoms with Crippen molar-refractivity contribution in [1.29, 1.82) is 0 Å². The average molecular weight is 182 g/mol. The summed E-state index contributed by atoms with van der Waals surface area (Å²) in [6, 6.07) is 3.31. The third-order valence-electron chi connectivity index (χ3n) is 2.29. The van der Waals surface area contributed by atoms with Crippen molar-refractivity contribution in [3.63, 3.8) is 0 Å². The molecule has 1 saturated heterocycles. The van der Waals surface area contributed by atoms with Crippen LogP contribution in [0.3, 0.4) is 0 Å². The molecule has 4 nitrogen and oxygen atoms in total. The van der Waals surface area contributed by atoms with Crippen LogP contribution in [0.2, 0.25) is 0 Å². The first-order chi connectivity index (χ1) is 6.26. The minimum atomic E-state index is -1.23. The normalized spacial score (nSPS) is 27.7. The number of carboxylic acids is 1. The largest absolute Gasteiger partial charge is 0.479 e. The van der Waals surface area contributed by atoms with E-state index in [9.17, 15) is 4.79 Å². The molecule has 1 aromatic heterocycles. The summed E-state index contributed by atoms with van der Waals surface area (Å²) in [5, 5.41) is 9.05. The quantitative estimate of drug-likeness (QED) is 0.750. The van der Waals surface area contributed by atoms with Gasteiger partial charge >= 0.3 is 5.97 Å². The van der Waals surface area contributed by atoms with Gasteiger partial charge in [0, 0.05) is 6.61 Å². The Kier molecular flexibility index (Phi) is 1.84. The molecule has 2 heterocycles. The van der Waals surface area contributed by atoms with Crippen molar-refractivity contribution >= 4 is 5.97 Å². The van der Waals surface area contributed by atoms with Gasteiger partial charge in [0.25, 0.3) is 0 Å². The molecule has 2 rings (SSSR count). The summed E-state index contributed by atoms with van der Waals surface area (Å²) in [6.45, 7) is 0.479. The third kappa shape index (κ3) is 1.14. The number of aliphatic carboxylic acids is 1. The van der Waals surface area contributed by atoms with Crippen LogP contribution in [0.15, 0.2) is 22.8 Å². The highest BCUT2D eigenvalue weighted by molar-refractivity contribution is 5.78. The number of carboxylic acid groups (broad SMARTS) is 1. The molecule has 1 N–H and O–H groups in total. The maximum Gasteiger partial charge on any atom is 0.344 e. The van der Waals surface area contributed by atoms with Gasteiger partial charge in [0.05, 0.1) is 6.26 Å². The van der Waals surface area contributed by atoms with Crippen LogP contribution in [0.25, 0.3) is 0 Å². The highest BCUT2D eigenvalue weighted by Crippen LogP contribution is 2.36. The number of carbonyl (C=O) groups is 1. The molecule has 4 heteroatoms. The van der Waals surface area contributed by atoms with E-state index in [4.69, 9.17) is 14.3 Å². The van der Waals surface area contributed by atoms with E-state index >= 15 is 0 Å². The molecular formula is C9H10O4. The Hall–Kier alpha value is -1.29. The molecule has 1 aliphatic rings. The second kappa shape index (κ2) is 2.88. The first-order valence-corrected chi connectivity index (χ1v) is 4.17. The summed E-state index contributed by atoms with van der Waals surface area (Å²) in [4.78, 5) is 11.0. The summed E-state index contributed by atoms with van der Waals surface area (Å²) in [6.07, 6.45) is 2.70. The van der Waals surface area contributed by atoms with Crippen molar-refractivity contribution < 1.29 is 19.1 Å². The second-order valence-electron chi connectivity index (χ2n) is 3.06. The predicted molar refractivity (Wildman–Crippen MR) is 43.2 cm³/mol. The molecule has 13 heavy (non-hydrogen) atoms. The summed E-state index contributed by atoms with van der Waals surface area (Å²) < 4.78 is 10.3. The molecule has 1 fully saturated rings. The molecule has 70 valence electrons. The Morgan fingerprint density at radius 2 is 2.46 bits per heavy atom. The van der Waals surface area contributed by atoms with Crippen molar-refractivity contribution in [2.24, 2.45) is 0 Å². The van der Waals surface area contributed by atoms with Gasteiger partial charge in [-0.3, -0.25) is 0 Å². The van der Waals surface area contributed by atoms with E-state index in [2.05, 4.69) is 0 Å². The number of furan rings is 1. The fourth-order valence-corrected chi connectivity index (χ4v) is 1.62. The van der Waals surface area contributed by atoms with Crippen molar-refractivity contribution in [2.75, 3.05) is 6.61 Å². The highest BCUT2D eigenvalue weighted by atomic mass is 16.5. The zero-order chi connectivity index (χ0) is 9.31. The third-order valence-corrected chi connectivity index (χ3v) is 2.29. The van der Waals surface area contributed by atoms with E-state index < -0.39 is 11.6 Å². The van der Waals surface area contributed by atoms with Crippen LogP contribution >= 0.6 is 0 Å². The molecule has 1 aliphatic heterocycles. The average Bonchev–Trinajstić information content (AvgIpc) is 2.75. The first kappa shape index (κ1) is 8.31. The maximum atomic E-state index is 11.0. The van der Waals surface area contributed by atoms with E-state index in [1.54, 1.807) is 12.1 Å². The zero-order valence-corrected chi connectivity index (χ0v) is 7.03. The fourth-order valence-electron chi connectivity index (χ4n) is 1.62. The van der Waals surface area contributed by atoms with Gasteiger partial charge < -0.3 is 14.3 Å². The number of rotatable bonds is 2. The monoisotopic (exact) mass is 182 g/mol. The molecule has 0 spiro atoms. The molecular weight excluding hydrogens is 172 g/mol. The van der Waals surface area contributed by atoms with Crippen LogP contribution in [0.1, 0.15) is 18.6 Å². The highest BCUT2D eigenvalue weighted by Gasteiger charge is 2.47. The first-order valence-electron chi connectivity index (χ1n) is 4.17. The molecule has 1 atom stereocenters. The molecule has 0 radical (unpaired) electrons. The lowest BCUT2D eigenvalue weighted by Crippen LogP contribution is -2.34. The molecule has 0 bridgehead atoms. The van der Waals surface area contributed by atoms with E-state index in [1.807, 2.05) is 0 Å². The molecule has 0 saturated carbocycles. The smallest absolute Gasteiger partial charge is 0.344 e. The van der Waals surface area contributed by atoms with Gasteiger partial charge in [-0.2, -0.15) is 0 Å². The van der Waals surface area contributed by atoms with Crippen molar-refractivity contribution in [2.45, 2.75) is 18.4 Å². The maximum absolute atomic E-state index is 11.0. The second-order valence-corrected chi connectivity index (χ2v) is 3.06. The number of hydrogen-bond acceptors (Lipinski definition) is 3. The lowest BCUT2D eigenvalue weighted by atomic mass is 9.97. The summed E-state index contributed by atoms with van der Waals surface area (Å²) in [7, 11) is 0. The molecule has 0 aromatic carbocycles. The topological polar surface area (TPSA) is 59.7 Å². The Morgan fingerprint density at radius 1 is 1.62 bits per heavy atom. The van der Waals surface area contributed by atoms with Gasteiger partial charge in [-0.15, -0.1) is 0 Å². The van der Waals surface area contributed by atoms with E-state index in [0.717, 1.165) is 6.42 Å². The standard InChI is InChI=1S/C9H10O4/c10-8(11)9(4-2-6-13-9)7-3-1-5-12-7/h1,3,5H,2,4,6H2,(H,10,11). The SMILES string of the molecule is O=C(O)C1(c2ccco2)CCCO1. The van der Waals surface area contributed by atoms with Crippen LogP contribution in [0.5, 0.6) is 0 Å². The van der Waals surface area contributed by atoms with Crippen molar-refractivity contribution in [3.8, 4) is 0 Å². The fraction of sp³-hybridized carbons (Fsp3) is 0.444. The van der Waals surface area contributed by atoms with E-state index in [1.165, 1.54) is 6.26 Å². The Labute approximate surface area is 75.1 Å². The molecule has 0 aliphatic carbocycles. The Balaban J connectivity index is 2.39. The Bertz CT molecular complexity index is 295. The Morgan fingerprint density at radius 3 is 2.92 bits per heavy atom. The van der Waals surface area contributed by atoms with Crippen LogP contribution in [-0.4, -0.2) is 17.7 Å². The zero-order valence-electron chi connectivity index (χ0n) is 7.03. The minimum absolute atomic E-state index is 0.387. The molecule has 0 amide bonds. The molecule has 1 unspecified atom stereocenters. The van der Waals surface area contributed by atoms with Crippen LogP contribution in [0, 0.1) is 0 Å². The lowest BCUT2D eigenvalue weighted by Gasteiger charge is -2.19. The van der Waals surface area contributed by atoms with Gasteiger partial charge in [0.1, 0.15) is 5.76 Å². The van der Waals surface area contributed by atoms with Gasteiger partial charge in [-0.1, -0.05) is 0 Å². The summed E-state index contributed by atoms with van der Waals surface area (Å²) in [5.74, 6) is -0.586. The van der Waals surface area contributed by atoms with E-state index in [0.29, 0.717) is 18.8 Å². The molecule has 1 aromatic rings. The van der Waals surface area contributed by atoms with Crippen LogP contribution in [0.4, 0.5) is 0 Å². The summed E-state index contributed by atoms with van der Waals surface area (Å²) >= 11 is 0. The van der Waals surface area contributed by atoms with Crippen LogP contribution in [-0.2, 0) is 15.1 Å². The van der Waals surface area contributed by atoms with Gasteiger partial charge in [-0.25, -0.2) is 4.79 Å².